The number of hydrogen-bond donors (Lipinski definition) is 2. The molecule has 0 radical (unpaired) electrons. The number of anilines is 1. The zero-order valence-corrected chi connectivity index (χ0v) is 13.6. The molecule has 0 atom stereocenters. The van der Waals surface area contributed by atoms with Crippen LogP contribution in [0, 0.1) is 20.2 Å². The van der Waals surface area contributed by atoms with Crippen LogP contribution in [0.1, 0.15) is 0 Å². The van der Waals surface area contributed by atoms with Crippen molar-refractivity contribution in [2.75, 3.05) is 25.0 Å². The predicted octanol–water partition coefficient (Wildman–Crippen LogP) is 2.11. The zero-order valence-electron chi connectivity index (χ0n) is 13.6. The molecule has 2 aromatic rings. The second-order valence-electron chi connectivity index (χ2n) is 5.09. The number of rotatable bonds is 9. The van der Waals surface area contributed by atoms with Crippen molar-refractivity contribution in [3.8, 4) is 5.75 Å². The Morgan fingerprint density at radius 1 is 0.962 bits per heavy atom. The lowest BCUT2D eigenvalue weighted by atomic mass is 10.3. The molecular weight excluding hydrogens is 344 g/mol. The SMILES string of the molecule is O=C(COc1ccccc1[N+](=O)[O-])NCCNc1ccc([N+](=O)[O-])cc1. The van der Waals surface area contributed by atoms with Gasteiger partial charge in [0.15, 0.2) is 12.4 Å². The molecule has 0 bridgehead atoms. The third-order valence-corrected chi connectivity index (χ3v) is 3.28. The molecule has 0 fully saturated rings. The van der Waals surface area contributed by atoms with Crippen LogP contribution in [0.3, 0.4) is 0 Å². The van der Waals surface area contributed by atoms with E-state index in [1.54, 1.807) is 18.2 Å². The summed E-state index contributed by atoms with van der Waals surface area (Å²) in [5.74, 6) is -0.398. The summed E-state index contributed by atoms with van der Waals surface area (Å²) in [5.41, 5.74) is 0.470. The summed E-state index contributed by atoms with van der Waals surface area (Å²) in [4.78, 5) is 32.1. The van der Waals surface area contributed by atoms with Gasteiger partial charge in [-0.25, -0.2) is 0 Å². The molecule has 2 rings (SSSR count). The third-order valence-electron chi connectivity index (χ3n) is 3.28. The number of carbonyl (C=O) groups excluding carboxylic acids is 1. The summed E-state index contributed by atoms with van der Waals surface area (Å²) in [7, 11) is 0. The van der Waals surface area contributed by atoms with E-state index in [-0.39, 0.29) is 30.3 Å². The van der Waals surface area contributed by atoms with Crippen molar-refractivity contribution < 1.29 is 19.4 Å². The van der Waals surface area contributed by atoms with Crippen molar-refractivity contribution in [2.45, 2.75) is 0 Å². The van der Waals surface area contributed by atoms with E-state index in [4.69, 9.17) is 4.74 Å². The maximum absolute atomic E-state index is 11.7. The van der Waals surface area contributed by atoms with E-state index in [9.17, 15) is 25.0 Å². The van der Waals surface area contributed by atoms with Crippen LogP contribution >= 0.6 is 0 Å². The van der Waals surface area contributed by atoms with Gasteiger partial charge in [0.2, 0.25) is 0 Å². The predicted molar refractivity (Wildman–Crippen MR) is 93.2 cm³/mol. The van der Waals surface area contributed by atoms with E-state index in [1.807, 2.05) is 0 Å². The molecule has 1 amide bonds. The maximum atomic E-state index is 11.7. The Balaban J connectivity index is 1.71. The lowest BCUT2D eigenvalue weighted by Crippen LogP contribution is -2.32. The van der Waals surface area contributed by atoms with Gasteiger partial charge in [0.1, 0.15) is 0 Å². The van der Waals surface area contributed by atoms with Gasteiger partial charge in [0, 0.05) is 37.0 Å². The molecule has 0 aliphatic heterocycles. The van der Waals surface area contributed by atoms with Gasteiger partial charge < -0.3 is 15.4 Å². The minimum Gasteiger partial charge on any atom is -0.477 e. The molecule has 26 heavy (non-hydrogen) atoms. The first-order valence-corrected chi connectivity index (χ1v) is 7.58. The molecule has 10 heteroatoms. The summed E-state index contributed by atoms with van der Waals surface area (Å²) >= 11 is 0. The number of ether oxygens (including phenoxy) is 1. The second-order valence-corrected chi connectivity index (χ2v) is 5.09. The number of nitro benzene ring substituents is 2. The van der Waals surface area contributed by atoms with Crippen LogP contribution in [0.2, 0.25) is 0 Å². The van der Waals surface area contributed by atoms with E-state index >= 15 is 0 Å². The first-order chi connectivity index (χ1) is 12.5. The molecule has 0 aromatic heterocycles. The topological polar surface area (TPSA) is 137 Å². The summed E-state index contributed by atoms with van der Waals surface area (Å²) in [6, 6.07) is 11.7. The summed E-state index contributed by atoms with van der Waals surface area (Å²) < 4.78 is 5.17. The van der Waals surface area contributed by atoms with Crippen molar-refractivity contribution in [1.82, 2.24) is 5.32 Å². The van der Waals surface area contributed by atoms with Gasteiger partial charge in [-0.3, -0.25) is 25.0 Å². The van der Waals surface area contributed by atoms with E-state index in [2.05, 4.69) is 10.6 Å². The van der Waals surface area contributed by atoms with Crippen LogP contribution in [0.25, 0.3) is 0 Å². The number of nitrogens with zero attached hydrogens (tertiary/aromatic N) is 2. The van der Waals surface area contributed by atoms with Crippen LogP contribution in [-0.2, 0) is 4.79 Å². The average molecular weight is 360 g/mol. The van der Waals surface area contributed by atoms with Crippen LogP contribution in [0.5, 0.6) is 5.75 Å². The number of amides is 1. The minimum atomic E-state index is -0.582. The van der Waals surface area contributed by atoms with Crippen molar-refractivity contribution >= 4 is 23.0 Å². The van der Waals surface area contributed by atoms with Crippen molar-refractivity contribution in [2.24, 2.45) is 0 Å². The van der Waals surface area contributed by atoms with Gasteiger partial charge in [-0.05, 0) is 18.2 Å². The van der Waals surface area contributed by atoms with Gasteiger partial charge in [-0.1, -0.05) is 12.1 Å². The number of nitrogens with one attached hydrogen (secondary N) is 2. The van der Waals surface area contributed by atoms with Gasteiger partial charge in [-0.15, -0.1) is 0 Å². The number of para-hydroxylation sites is 2. The number of hydrogen-bond acceptors (Lipinski definition) is 7. The van der Waals surface area contributed by atoms with Crippen molar-refractivity contribution in [3.05, 3.63) is 68.8 Å². The zero-order chi connectivity index (χ0) is 18.9. The van der Waals surface area contributed by atoms with Crippen molar-refractivity contribution in [3.63, 3.8) is 0 Å². The van der Waals surface area contributed by atoms with E-state index < -0.39 is 15.8 Å². The molecule has 0 spiro atoms. The molecule has 0 unspecified atom stereocenters. The number of non-ortho nitro benzene ring substituents is 1. The van der Waals surface area contributed by atoms with Crippen LogP contribution in [0.4, 0.5) is 17.1 Å². The monoisotopic (exact) mass is 360 g/mol. The Labute approximate surface area is 148 Å². The first kappa shape index (κ1) is 18.6. The normalized spacial score (nSPS) is 10.0. The van der Waals surface area contributed by atoms with Crippen molar-refractivity contribution in [1.29, 1.82) is 0 Å². The van der Waals surface area contributed by atoms with Gasteiger partial charge >= 0.3 is 5.69 Å². The van der Waals surface area contributed by atoms with Gasteiger partial charge in [0.05, 0.1) is 9.85 Å². The quantitative estimate of drug-likeness (QED) is 0.397. The maximum Gasteiger partial charge on any atom is 0.310 e. The minimum absolute atomic E-state index is 0.00370. The summed E-state index contributed by atoms with van der Waals surface area (Å²) in [6.07, 6.45) is 0. The van der Waals surface area contributed by atoms with E-state index in [1.165, 1.54) is 30.3 Å². The lowest BCUT2D eigenvalue weighted by molar-refractivity contribution is -0.385. The highest BCUT2D eigenvalue weighted by Crippen LogP contribution is 2.25. The molecule has 0 saturated heterocycles. The summed E-state index contributed by atoms with van der Waals surface area (Å²) in [5, 5.41) is 27.0. The molecule has 10 nitrogen and oxygen atoms in total. The fraction of sp³-hybridized carbons (Fsp3) is 0.188. The highest BCUT2D eigenvalue weighted by atomic mass is 16.6. The molecule has 0 aliphatic carbocycles. The van der Waals surface area contributed by atoms with Crippen LogP contribution in [-0.4, -0.2) is 35.5 Å². The number of benzene rings is 2. The Kier molecular flexibility index (Phi) is 6.43. The smallest absolute Gasteiger partial charge is 0.310 e. The molecule has 0 aliphatic rings. The average Bonchev–Trinajstić information content (AvgIpc) is 2.64. The van der Waals surface area contributed by atoms with E-state index in [0.717, 1.165) is 0 Å². The van der Waals surface area contributed by atoms with E-state index in [0.29, 0.717) is 12.2 Å². The fourth-order valence-electron chi connectivity index (χ4n) is 2.03. The number of nitro groups is 2. The fourth-order valence-corrected chi connectivity index (χ4v) is 2.03. The highest BCUT2D eigenvalue weighted by Gasteiger charge is 2.14. The number of carbonyl (C=O) groups is 1. The first-order valence-electron chi connectivity index (χ1n) is 7.58. The Hall–Kier alpha value is -3.69. The second kappa shape index (κ2) is 8.97. The molecule has 2 aromatic carbocycles. The molecule has 0 heterocycles. The third kappa shape index (κ3) is 5.44. The molecule has 136 valence electrons. The standard InChI is InChI=1S/C16H16N4O6/c21-16(11-26-15-4-2-1-3-14(15)20(24)25)18-10-9-17-12-5-7-13(8-6-12)19(22)23/h1-8,17H,9-11H2,(H,18,21). The lowest BCUT2D eigenvalue weighted by Gasteiger charge is -2.09. The Bertz CT molecular complexity index is 794. The van der Waals surface area contributed by atoms with Gasteiger partial charge in [-0.2, -0.15) is 0 Å². The molecular formula is C16H16N4O6. The van der Waals surface area contributed by atoms with Gasteiger partial charge in [0.25, 0.3) is 11.6 Å². The Morgan fingerprint density at radius 3 is 2.31 bits per heavy atom. The summed E-state index contributed by atoms with van der Waals surface area (Å²) in [6.45, 7) is 0.341. The van der Waals surface area contributed by atoms with Crippen LogP contribution < -0.4 is 15.4 Å². The molecule has 0 saturated carbocycles. The highest BCUT2D eigenvalue weighted by molar-refractivity contribution is 5.77. The largest absolute Gasteiger partial charge is 0.477 e. The molecule has 2 N–H and O–H groups in total. The Morgan fingerprint density at radius 2 is 1.65 bits per heavy atom. The van der Waals surface area contributed by atoms with Crippen LogP contribution in [0.15, 0.2) is 48.5 Å².